The largest absolute Gasteiger partial charge is 0.455 e. The van der Waals surface area contributed by atoms with Gasteiger partial charge in [-0.2, -0.15) is 0 Å². The van der Waals surface area contributed by atoms with Crippen LogP contribution < -0.4 is 14.4 Å². The van der Waals surface area contributed by atoms with Gasteiger partial charge in [0.1, 0.15) is 12.3 Å². The molecule has 4 rings (SSSR count). The molecule has 0 saturated heterocycles. The maximum Gasteiger partial charge on any atom is 0.264 e. The monoisotopic (exact) mass is 534 g/mol. The van der Waals surface area contributed by atoms with Crippen molar-refractivity contribution < 1.29 is 17.9 Å². The maximum absolute atomic E-state index is 13.7. The molecule has 37 heavy (non-hydrogen) atoms. The number of hydrogen-bond acceptors (Lipinski definition) is 4. The molecule has 4 aromatic carbocycles. The Bertz CT molecular complexity index is 1500. The summed E-state index contributed by atoms with van der Waals surface area (Å²) in [6.45, 7) is 5.20. The van der Waals surface area contributed by atoms with Gasteiger partial charge in [-0.05, 0) is 86.5 Å². The number of hydrogen-bond donors (Lipinski definition) is 1. The fourth-order valence-electron chi connectivity index (χ4n) is 3.87. The second-order valence-electron chi connectivity index (χ2n) is 8.77. The van der Waals surface area contributed by atoms with Gasteiger partial charge in [0.15, 0.2) is 5.75 Å². The first kappa shape index (κ1) is 26.3. The lowest BCUT2D eigenvalue weighted by Gasteiger charge is -2.25. The summed E-state index contributed by atoms with van der Waals surface area (Å²) in [5, 5.41) is 3.18. The molecule has 1 N–H and O–H groups in total. The van der Waals surface area contributed by atoms with Crippen LogP contribution in [0.5, 0.6) is 11.5 Å². The molecule has 0 bridgehead atoms. The Labute approximate surface area is 222 Å². The van der Waals surface area contributed by atoms with Crippen molar-refractivity contribution in [3.63, 3.8) is 0 Å². The highest BCUT2D eigenvalue weighted by Crippen LogP contribution is 2.32. The van der Waals surface area contributed by atoms with Crippen LogP contribution in [0.25, 0.3) is 0 Å². The molecule has 0 aliphatic carbocycles. The number of nitrogens with zero attached hydrogens (tertiary/aromatic N) is 1. The van der Waals surface area contributed by atoms with Crippen LogP contribution in [0.4, 0.5) is 11.4 Å². The quantitative estimate of drug-likeness (QED) is 0.267. The highest BCUT2D eigenvalue weighted by molar-refractivity contribution is 7.92. The van der Waals surface area contributed by atoms with Crippen LogP contribution in [0.2, 0.25) is 5.02 Å². The van der Waals surface area contributed by atoms with Crippen LogP contribution in [0.15, 0.2) is 95.9 Å². The number of halogens is 1. The first-order valence-corrected chi connectivity index (χ1v) is 13.4. The van der Waals surface area contributed by atoms with Gasteiger partial charge in [0, 0.05) is 5.02 Å². The normalized spacial score (nSPS) is 11.1. The number of amides is 1. The predicted molar refractivity (Wildman–Crippen MR) is 148 cm³/mol. The highest BCUT2D eigenvalue weighted by Gasteiger charge is 2.28. The maximum atomic E-state index is 13.7. The lowest BCUT2D eigenvalue weighted by molar-refractivity contribution is -0.114. The van der Waals surface area contributed by atoms with E-state index in [0.717, 1.165) is 21.0 Å². The summed E-state index contributed by atoms with van der Waals surface area (Å²) in [7, 11) is -4.04. The van der Waals surface area contributed by atoms with Crippen molar-refractivity contribution in [1.82, 2.24) is 0 Å². The number of sulfonamides is 1. The van der Waals surface area contributed by atoms with E-state index in [1.807, 2.05) is 45.0 Å². The average Bonchev–Trinajstić information content (AvgIpc) is 2.84. The topological polar surface area (TPSA) is 75.7 Å². The minimum atomic E-state index is -4.04. The molecule has 8 heteroatoms. The van der Waals surface area contributed by atoms with Gasteiger partial charge in [0.25, 0.3) is 10.0 Å². The van der Waals surface area contributed by atoms with Gasteiger partial charge < -0.3 is 10.1 Å². The molecule has 6 nitrogen and oxygen atoms in total. The Morgan fingerprint density at radius 3 is 2.14 bits per heavy atom. The summed E-state index contributed by atoms with van der Waals surface area (Å²) in [6.07, 6.45) is 0. The van der Waals surface area contributed by atoms with Crippen molar-refractivity contribution in [2.45, 2.75) is 25.7 Å². The van der Waals surface area contributed by atoms with E-state index in [2.05, 4.69) is 5.32 Å². The predicted octanol–water partition coefficient (Wildman–Crippen LogP) is 6.89. The van der Waals surface area contributed by atoms with Crippen molar-refractivity contribution in [3.05, 3.63) is 113 Å². The Hall–Kier alpha value is -3.81. The van der Waals surface area contributed by atoms with E-state index in [-0.39, 0.29) is 4.90 Å². The van der Waals surface area contributed by atoms with Crippen molar-refractivity contribution in [1.29, 1.82) is 0 Å². The molecule has 0 saturated carbocycles. The SMILES string of the molecule is Cc1ccc(S(=O)(=O)N(CC(=O)Nc2cc(Cl)ccc2Oc2ccccc2)c2cc(C)cc(C)c2)cc1. The lowest BCUT2D eigenvalue weighted by atomic mass is 10.1. The van der Waals surface area contributed by atoms with Gasteiger partial charge in [-0.25, -0.2) is 8.42 Å². The number of ether oxygens (including phenoxy) is 1. The molecule has 0 aliphatic heterocycles. The van der Waals surface area contributed by atoms with E-state index < -0.39 is 22.5 Å². The van der Waals surface area contributed by atoms with Gasteiger partial charge in [-0.15, -0.1) is 0 Å². The average molecular weight is 535 g/mol. The van der Waals surface area contributed by atoms with Crippen LogP contribution in [0.1, 0.15) is 16.7 Å². The van der Waals surface area contributed by atoms with Gasteiger partial charge in [0.2, 0.25) is 5.91 Å². The standard InChI is InChI=1S/C29H27ClN2O4S/c1-20-9-12-26(13-10-20)37(34,35)32(24-16-21(2)15-22(3)17-24)19-29(33)31-27-18-23(30)11-14-28(27)36-25-7-5-4-6-8-25/h4-18H,19H2,1-3H3,(H,31,33). The molecule has 190 valence electrons. The fourth-order valence-corrected chi connectivity index (χ4v) is 5.45. The lowest BCUT2D eigenvalue weighted by Crippen LogP contribution is -2.38. The summed E-state index contributed by atoms with van der Waals surface area (Å²) in [4.78, 5) is 13.4. The second-order valence-corrected chi connectivity index (χ2v) is 11.1. The molecule has 0 unspecified atom stereocenters. The molecule has 0 fully saturated rings. The Balaban J connectivity index is 1.67. The van der Waals surface area contributed by atoms with E-state index in [1.54, 1.807) is 66.7 Å². The van der Waals surface area contributed by atoms with Gasteiger partial charge >= 0.3 is 0 Å². The number of rotatable bonds is 8. The van der Waals surface area contributed by atoms with E-state index in [9.17, 15) is 13.2 Å². The molecule has 0 spiro atoms. The van der Waals surface area contributed by atoms with Crippen molar-refractivity contribution >= 4 is 38.9 Å². The van der Waals surface area contributed by atoms with Crippen molar-refractivity contribution in [2.75, 3.05) is 16.2 Å². The summed E-state index contributed by atoms with van der Waals surface area (Å²) in [5.74, 6) is 0.414. The van der Waals surface area contributed by atoms with Crippen LogP contribution >= 0.6 is 11.6 Å². The Kier molecular flexibility index (Phi) is 7.86. The van der Waals surface area contributed by atoms with Crippen molar-refractivity contribution in [3.8, 4) is 11.5 Å². The highest BCUT2D eigenvalue weighted by atomic mass is 35.5. The van der Waals surface area contributed by atoms with Gasteiger partial charge in [-0.3, -0.25) is 9.10 Å². The number of benzene rings is 4. The third kappa shape index (κ3) is 6.50. The van der Waals surface area contributed by atoms with Crippen LogP contribution in [0.3, 0.4) is 0 Å². The van der Waals surface area contributed by atoms with Crippen LogP contribution in [0, 0.1) is 20.8 Å². The van der Waals surface area contributed by atoms with Crippen molar-refractivity contribution in [2.24, 2.45) is 0 Å². The van der Waals surface area contributed by atoms with E-state index in [0.29, 0.717) is 27.9 Å². The molecule has 0 heterocycles. The number of para-hydroxylation sites is 1. The third-order valence-electron chi connectivity index (χ3n) is 5.58. The smallest absolute Gasteiger partial charge is 0.264 e. The summed E-state index contributed by atoms with van der Waals surface area (Å²) in [5.41, 5.74) is 3.43. The molecule has 0 radical (unpaired) electrons. The molecular weight excluding hydrogens is 508 g/mol. The minimum absolute atomic E-state index is 0.0981. The number of nitrogens with one attached hydrogen (secondary N) is 1. The first-order valence-electron chi connectivity index (χ1n) is 11.6. The van der Waals surface area contributed by atoms with E-state index in [1.165, 1.54) is 0 Å². The molecule has 4 aromatic rings. The van der Waals surface area contributed by atoms with Gasteiger partial charge in [-0.1, -0.05) is 53.6 Å². The number of carbonyl (C=O) groups excluding carboxylic acids is 1. The zero-order valence-corrected chi connectivity index (χ0v) is 22.3. The summed E-state index contributed by atoms with van der Waals surface area (Å²) < 4.78 is 34.5. The Morgan fingerprint density at radius 1 is 0.838 bits per heavy atom. The fraction of sp³-hybridized carbons (Fsp3) is 0.138. The number of aryl methyl sites for hydroxylation is 3. The molecule has 1 amide bonds. The first-order chi connectivity index (χ1) is 17.6. The molecule has 0 atom stereocenters. The molecule has 0 aliphatic rings. The number of carbonyl (C=O) groups is 1. The number of anilines is 2. The Morgan fingerprint density at radius 2 is 1.49 bits per heavy atom. The van der Waals surface area contributed by atoms with Gasteiger partial charge in [0.05, 0.1) is 16.3 Å². The van der Waals surface area contributed by atoms with E-state index >= 15 is 0 Å². The third-order valence-corrected chi connectivity index (χ3v) is 7.60. The molecular formula is C29H27ClN2O4S. The minimum Gasteiger partial charge on any atom is -0.455 e. The zero-order valence-electron chi connectivity index (χ0n) is 20.7. The van der Waals surface area contributed by atoms with Crippen LogP contribution in [-0.4, -0.2) is 20.9 Å². The molecule has 0 aromatic heterocycles. The van der Waals surface area contributed by atoms with Crippen LogP contribution in [-0.2, 0) is 14.8 Å². The summed E-state index contributed by atoms with van der Waals surface area (Å²) >= 11 is 6.19. The summed E-state index contributed by atoms with van der Waals surface area (Å²) in [6, 6.07) is 26.0. The van der Waals surface area contributed by atoms with E-state index in [4.69, 9.17) is 16.3 Å². The zero-order chi connectivity index (χ0) is 26.6. The second kappa shape index (κ2) is 11.1.